The van der Waals surface area contributed by atoms with Crippen molar-refractivity contribution < 1.29 is 21.7 Å². The first kappa shape index (κ1) is 12.9. The topological polar surface area (TPSA) is 52.6 Å². The molecule has 0 unspecified atom stereocenters. The van der Waals surface area contributed by atoms with E-state index in [1.807, 2.05) is 0 Å². The minimum Gasteiger partial charge on any atom is -0.491 e. The normalized spacial score (nSPS) is 13.4. The Bertz CT molecular complexity index is 427. The SMILES string of the molecule is C[C@H](COc1ccc(F)cc1)OS(C)(=O)=O. The Hall–Kier alpha value is -1.14. The molecule has 0 radical (unpaired) electrons. The lowest BCUT2D eigenvalue weighted by Gasteiger charge is -2.12. The number of halogens is 1. The Kier molecular flexibility index (Phi) is 4.26. The van der Waals surface area contributed by atoms with Gasteiger partial charge in [0.15, 0.2) is 0 Å². The molecule has 0 bridgehead atoms. The Labute approximate surface area is 94.1 Å². The average Bonchev–Trinajstić information content (AvgIpc) is 2.14. The summed E-state index contributed by atoms with van der Waals surface area (Å²) in [6.45, 7) is 1.66. The van der Waals surface area contributed by atoms with Crippen molar-refractivity contribution in [3.05, 3.63) is 30.1 Å². The van der Waals surface area contributed by atoms with Gasteiger partial charge in [0.1, 0.15) is 24.3 Å². The van der Waals surface area contributed by atoms with Crippen molar-refractivity contribution in [1.29, 1.82) is 0 Å². The first-order valence-corrected chi connectivity index (χ1v) is 6.45. The number of rotatable bonds is 5. The predicted molar refractivity (Wildman–Crippen MR) is 57.3 cm³/mol. The van der Waals surface area contributed by atoms with Crippen LogP contribution in [-0.4, -0.2) is 27.4 Å². The minimum atomic E-state index is -3.47. The second-order valence-corrected chi connectivity index (χ2v) is 4.98. The fraction of sp³-hybridized carbons (Fsp3) is 0.400. The number of hydrogen-bond acceptors (Lipinski definition) is 4. The summed E-state index contributed by atoms with van der Waals surface area (Å²) in [7, 11) is -3.47. The average molecular weight is 248 g/mol. The van der Waals surface area contributed by atoms with Crippen LogP contribution in [0, 0.1) is 5.82 Å². The van der Waals surface area contributed by atoms with Gasteiger partial charge in [0.25, 0.3) is 10.1 Å². The molecule has 0 heterocycles. The Morgan fingerprint density at radius 2 is 1.88 bits per heavy atom. The molecule has 0 aliphatic rings. The van der Waals surface area contributed by atoms with E-state index in [4.69, 9.17) is 4.74 Å². The molecule has 1 aromatic carbocycles. The predicted octanol–water partition coefficient (Wildman–Crippen LogP) is 1.57. The monoisotopic (exact) mass is 248 g/mol. The van der Waals surface area contributed by atoms with Crippen LogP contribution < -0.4 is 4.74 Å². The van der Waals surface area contributed by atoms with E-state index < -0.39 is 16.2 Å². The zero-order valence-electron chi connectivity index (χ0n) is 9.01. The van der Waals surface area contributed by atoms with Gasteiger partial charge in [-0.05, 0) is 31.2 Å². The second-order valence-electron chi connectivity index (χ2n) is 3.38. The molecule has 0 N–H and O–H groups in total. The zero-order valence-corrected chi connectivity index (χ0v) is 9.83. The molecule has 1 rings (SSSR count). The molecular weight excluding hydrogens is 235 g/mol. The molecule has 6 heteroatoms. The van der Waals surface area contributed by atoms with Gasteiger partial charge in [0.05, 0.1) is 6.26 Å². The molecule has 0 aromatic heterocycles. The van der Waals surface area contributed by atoms with Crippen molar-refractivity contribution in [2.75, 3.05) is 12.9 Å². The molecule has 0 amide bonds. The molecule has 1 aromatic rings. The summed E-state index contributed by atoms with van der Waals surface area (Å²) >= 11 is 0. The van der Waals surface area contributed by atoms with E-state index in [1.54, 1.807) is 6.92 Å². The van der Waals surface area contributed by atoms with Crippen LogP contribution in [0.3, 0.4) is 0 Å². The summed E-state index contributed by atoms with van der Waals surface area (Å²) in [5, 5.41) is 0. The van der Waals surface area contributed by atoms with Gasteiger partial charge in [0, 0.05) is 0 Å². The van der Waals surface area contributed by atoms with Crippen molar-refractivity contribution in [2.45, 2.75) is 13.0 Å². The largest absolute Gasteiger partial charge is 0.491 e. The maximum Gasteiger partial charge on any atom is 0.264 e. The number of hydrogen-bond donors (Lipinski definition) is 0. The third-order valence-corrected chi connectivity index (χ3v) is 2.32. The van der Waals surface area contributed by atoms with E-state index in [0.717, 1.165) is 6.26 Å². The van der Waals surface area contributed by atoms with Crippen LogP contribution in [0.2, 0.25) is 0 Å². The Balaban J connectivity index is 2.43. The highest BCUT2D eigenvalue weighted by molar-refractivity contribution is 7.86. The van der Waals surface area contributed by atoms with Crippen LogP contribution in [-0.2, 0) is 14.3 Å². The molecule has 0 aliphatic carbocycles. The summed E-state index contributed by atoms with van der Waals surface area (Å²) in [6, 6.07) is 5.44. The minimum absolute atomic E-state index is 0.0820. The van der Waals surface area contributed by atoms with Gasteiger partial charge >= 0.3 is 0 Å². The van der Waals surface area contributed by atoms with Crippen LogP contribution >= 0.6 is 0 Å². The lowest BCUT2D eigenvalue weighted by Crippen LogP contribution is -2.21. The van der Waals surface area contributed by atoms with E-state index in [0.29, 0.717) is 5.75 Å². The highest BCUT2D eigenvalue weighted by Gasteiger charge is 2.10. The van der Waals surface area contributed by atoms with Gasteiger partial charge in [-0.2, -0.15) is 8.42 Å². The van der Waals surface area contributed by atoms with E-state index >= 15 is 0 Å². The molecule has 90 valence electrons. The fourth-order valence-electron chi connectivity index (χ4n) is 1.07. The Morgan fingerprint density at radius 1 is 1.31 bits per heavy atom. The first-order valence-electron chi connectivity index (χ1n) is 4.63. The molecule has 16 heavy (non-hydrogen) atoms. The molecular formula is C10H13FO4S. The van der Waals surface area contributed by atoms with Crippen LogP contribution in [0.25, 0.3) is 0 Å². The van der Waals surface area contributed by atoms with Gasteiger partial charge in [-0.15, -0.1) is 0 Å². The molecule has 0 saturated carbocycles. The van der Waals surface area contributed by atoms with E-state index in [-0.39, 0.29) is 12.4 Å². The molecule has 0 aliphatic heterocycles. The number of benzene rings is 1. The standard InChI is InChI=1S/C10H13FO4S/c1-8(15-16(2,12)13)7-14-10-5-3-9(11)4-6-10/h3-6,8H,7H2,1-2H3/t8-/m1/s1. The van der Waals surface area contributed by atoms with Gasteiger partial charge in [-0.3, -0.25) is 4.18 Å². The quantitative estimate of drug-likeness (QED) is 0.742. The van der Waals surface area contributed by atoms with Crippen LogP contribution in [0.15, 0.2) is 24.3 Å². The maximum atomic E-state index is 12.5. The van der Waals surface area contributed by atoms with Crippen molar-refractivity contribution in [1.82, 2.24) is 0 Å². The van der Waals surface area contributed by atoms with Crippen molar-refractivity contribution in [3.63, 3.8) is 0 Å². The van der Waals surface area contributed by atoms with Crippen LogP contribution in [0.1, 0.15) is 6.92 Å². The van der Waals surface area contributed by atoms with Crippen molar-refractivity contribution >= 4 is 10.1 Å². The van der Waals surface area contributed by atoms with Crippen LogP contribution in [0.4, 0.5) is 4.39 Å². The molecule has 0 saturated heterocycles. The molecule has 4 nitrogen and oxygen atoms in total. The molecule has 1 atom stereocenters. The molecule has 0 spiro atoms. The third kappa shape index (κ3) is 5.09. The summed E-state index contributed by atoms with van der Waals surface area (Å²) in [5.74, 6) is 0.109. The smallest absolute Gasteiger partial charge is 0.264 e. The van der Waals surface area contributed by atoms with E-state index in [2.05, 4.69) is 4.18 Å². The number of ether oxygens (including phenoxy) is 1. The third-order valence-electron chi connectivity index (χ3n) is 1.64. The Morgan fingerprint density at radius 3 is 2.38 bits per heavy atom. The van der Waals surface area contributed by atoms with Crippen LogP contribution in [0.5, 0.6) is 5.75 Å². The molecule has 0 fully saturated rings. The lowest BCUT2D eigenvalue weighted by atomic mass is 10.3. The maximum absolute atomic E-state index is 12.5. The van der Waals surface area contributed by atoms with Gasteiger partial charge in [0.2, 0.25) is 0 Å². The van der Waals surface area contributed by atoms with Gasteiger partial charge < -0.3 is 4.74 Å². The summed E-state index contributed by atoms with van der Waals surface area (Å²) in [4.78, 5) is 0. The lowest BCUT2D eigenvalue weighted by molar-refractivity contribution is 0.150. The van der Waals surface area contributed by atoms with Gasteiger partial charge in [-0.25, -0.2) is 4.39 Å². The zero-order chi connectivity index (χ0) is 12.2. The summed E-state index contributed by atoms with van der Waals surface area (Å²) in [5.41, 5.74) is 0. The highest BCUT2D eigenvalue weighted by atomic mass is 32.2. The summed E-state index contributed by atoms with van der Waals surface area (Å²) < 4.78 is 44.0. The van der Waals surface area contributed by atoms with Crippen molar-refractivity contribution in [3.8, 4) is 5.75 Å². The van der Waals surface area contributed by atoms with Gasteiger partial charge in [-0.1, -0.05) is 0 Å². The second kappa shape index (κ2) is 5.27. The van der Waals surface area contributed by atoms with E-state index in [9.17, 15) is 12.8 Å². The first-order chi connectivity index (χ1) is 7.37. The van der Waals surface area contributed by atoms with Crippen molar-refractivity contribution in [2.24, 2.45) is 0 Å². The summed E-state index contributed by atoms with van der Waals surface area (Å²) in [6.07, 6.45) is 0.390. The fourth-order valence-corrected chi connectivity index (χ4v) is 1.72. The highest BCUT2D eigenvalue weighted by Crippen LogP contribution is 2.11. The van der Waals surface area contributed by atoms with E-state index in [1.165, 1.54) is 24.3 Å².